The van der Waals surface area contributed by atoms with Crippen molar-refractivity contribution in [2.24, 2.45) is 0 Å². The number of carbonyl (C=O) groups is 2. The van der Waals surface area contributed by atoms with Gasteiger partial charge in [-0.2, -0.15) is 0 Å². The molecule has 46 heavy (non-hydrogen) atoms. The minimum atomic E-state index is -0.701. The number of allylic oxidation sites excluding steroid dienone is 2. The average molecular weight is 649 g/mol. The van der Waals surface area contributed by atoms with Crippen LogP contribution in [-0.2, 0) is 14.3 Å². The summed E-state index contributed by atoms with van der Waals surface area (Å²) in [6, 6.07) is 0. The minimum absolute atomic E-state index is 0.00797. The van der Waals surface area contributed by atoms with Crippen molar-refractivity contribution in [1.82, 2.24) is 0 Å². The molecule has 0 amide bonds. The fraction of sp³-hybridized carbons (Fsp3) is 0.905. The van der Waals surface area contributed by atoms with Crippen molar-refractivity contribution in [2.45, 2.75) is 245 Å². The maximum atomic E-state index is 12.7. The molecule has 0 radical (unpaired) electrons. The second-order valence-electron chi connectivity index (χ2n) is 14.2. The molecule has 0 aliphatic rings. The maximum absolute atomic E-state index is 12.7. The number of carbonyl (C=O) groups excluding carboxylic acids is 1. The van der Waals surface area contributed by atoms with Crippen LogP contribution in [0, 0.1) is 0 Å². The summed E-state index contributed by atoms with van der Waals surface area (Å²) in [5.41, 5.74) is 0. The molecule has 0 aromatic carbocycles. The van der Waals surface area contributed by atoms with E-state index in [2.05, 4.69) is 26.0 Å². The Morgan fingerprint density at radius 3 is 1.26 bits per heavy atom. The van der Waals surface area contributed by atoms with Gasteiger partial charge in [-0.1, -0.05) is 180 Å². The van der Waals surface area contributed by atoms with Crippen LogP contribution >= 0.6 is 0 Å². The third kappa shape index (κ3) is 37.1. The fourth-order valence-electron chi connectivity index (χ4n) is 6.42. The summed E-state index contributed by atoms with van der Waals surface area (Å²) in [4.78, 5) is 23.4. The zero-order chi connectivity index (χ0) is 33.6. The van der Waals surface area contributed by atoms with E-state index in [0.717, 1.165) is 70.6 Å². The van der Waals surface area contributed by atoms with Crippen molar-refractivity contribution >= 4 is 11.9 Å². The van der Waals surface area contributed by atoms with Gasteiger partial charge in [0.05, 0.1) is 0 Å². The van der Waals surface area contributed by atoms with Crippen LogP contribution in [0.3, 0.4) is 0 Å². The number of unbranched alkanes of at least 4 members (excludes halogenated alkanes) is 27. The van der Waals surface area contributed by atoms with Crippen LogP contribution in [0.15, 0.2) is 12.2 Å². The van der Waals surface area contributed by atoms with Crippen LogP contribution < -0.4 is 0 Å². The summed E-state index contributed by atoms with van der Waals surface area (Å²) in [7, 11) is 0. The van der Waals surface area contributed by atoms with Crippen molar-refractivity contribution < 1.29 is 19.4 Å². The second-order valence-corrected chi connectivity index (χ2v) is 14.2. The molecule has 1 unspecified atom stereocenters. The maximum Gasteiger partial charge on any atom is 0.306 e. The molecule has 0 fully saturated rings. The van der Waals surface area contributed by atoms with E-state index in [-0.39, 0.29) is 18.5 Å². The summed E-state index contributed by atoms with van der Waals surface area (Å²) < 4.78 is 6.00. The molecule has 272 valence electrons. The van der Waals surface area contributed by atoms with Gasteiger partial charge < -0.3 is 9.84 Å². The Bertz CT molecular complexity index is 658. The minimum Gasteiger partial charge on any atom is -0.481 e. The monoisotopic (exact) mass is 649 g/mol. The Balaban J connectivity index is 4.03. The third-order valence-electron chi connectivity index (χ3n) is 9.49. The molecule has 0 spiro atoms. The zero-order valence-electron chi connectivity index (χ0n) is 31.2. The van der Waals surface area contributed by atoms with Crippen molar-refractivity contribution in [3.05, 3.63) is 12.2 Å². The van der Waals surface area contributed by atoms with Gasteiger partial charge in [0.1, 0.15) is 6.10 Å². The van der Waals surface area contributed by atoms with E-state index in [9.17, 15) is 9.59 Å². The molecule has 0 aromatic heterocycles. The van der Waals surface area contributed by atoms with Gasteiger partial charge in [0, 0.05) is 12.8 Å². The lowest BCUT2D eigenvalue weighted by Crippen LogP contribution is -2.18. The molecule has 0 rings (SSSR count). The molecule has 0 aliphatic carbocycles. The van der Waals surface area contributed by atoms with Gasteiger partial charge in [0.25, 0.3) is 0 Å². The molecule has 1 atom stereocenters. The van der Waals surface area contributed by atoms with Crippen molar-refractivity contribution in [1.29, 1.82) is 0 Å². The first kappa shape index (κ1) is 44.7. The molecule has 0 saturated carbocycles. The standard InChI is InChI=1S/C42H80O4/c1-3-5-7-9-11-13-15-17-18-20-22-24-26-31-35-39-42(45)46-40(37-33-29-27-30-34-38-41(43)44)36-32-28-25-23-21-19-16-14-12-10-8-6-4-2/h23,25,40H,3-22,24,26-39H2,1-2H3,(H,43,44)/b25-23-. The molecule has 0 saturated heterocycles. The van der Waals surface area contributed by atoms with Gasteiger partial charge in [-0.15, -0.1) is 0 Å². The van der Waals surface area contributed by atoms with E-state index < -0.39 is 5.97 Å². The van der Waals surface area contributed by atoms with Crippen molar-refractivity contribution in [3.8, 4) is 0 Å². The van der Waals surface area contributed by atoms with E-state index in [1.54, 1.807) is 0 Å². The van der Waals surface area contributed by atoms with Gasteiger partial charge in [0.2, 0.25) is 0 Å². The molecule has 4 heteroatoms. The van der Waals surface area contributed by atoms with Crippen LogP contribution in [0.5, 0.6) is 0 Å². The molecule has 0 aromatic rings. The van der Waals surface area contributed by atoms with E-state index >= 15 is 0 Å². The Kier molecular flexibility index (Phi) is 37.0. The van der Waals surface area contributed by atoms with E-state index in [0.29, 0.717) is 6.42 Å². The van der Waals surface area contributed by atoms with Crippen LogP contribution in [0.2, 0.25) is 0 Å². The highest BCUT2D eigenvalue weighted by Crippen LogP contribution is 2.18. The SMILES string of the molecule is CCCCCCCCCC/C=C\CCCC(CCCCCCCC(=O)O)OC(=O)CCCCCCCCCCCCCCCCC. The number of hydrogen-bond donors (Lipinski definition) is 1. The molecule has 4 nitrogen and oxygen atoms in total. The number of rotatable bonds is 38. The zero-order valence-corrected chi connectivity index (χ0v) is 31.2. The second kappa shape index (κ2) is 38.1. The Labute approximate surface area is 287 Å². The van der Waals surface area contributed by atoms with Gasteiger partial charge in [0.15, 0.2) is 0 Å². The number of hydrogen-bond acceptors (Lipinski definition) is 3. The summed E-state index contributed by atoms with van der Waals surface area (Å²) in [5, 5.41) is 8.82. The third-order valence-corrected chi connectivity index (χ3v) is 9.49. The summed E-state index contributed by atoms with van der Waals surface area (Å²) >= 11 is 0. The first-order valence-electron chi connectivity index (χ1n) is 20.7. The lowest BCUT2D eigenvalue weighted by molar-refractivity contribution is -0.150. The van der Waals surface area contributed by atoms with E-state index in [1.807, 2.05) is 0 Å². The molecule has 0 heterocycles. The highest BCUT2D eigenvalue weighted by molar-refractivity contribution is 5.69. The smallest absolute Gasteiger partial charge is 0.306 e. The topological polar surface area (TPSA) is 63.6 Å². The highest BCUT2D eigenvalue weighted by Gasteiger charge is 2.14. The predicted octanol–water partition coefficient (Wildman–Crippen LogP) is 14.2. The van der Waals surface area contributed by atoms with E-state index in [4.69, 9.17) is 9.84 Å². The molecular weight excluding hydrogens is 568 g/mol. The fourth-order valence-corrected chi connectivity index (χ4v) is 6.42. The summed E-state index contributed by atoms with van der Waals surface area (Å²) in [6.45, 7) is 4.56. The van der Waals surface area contributed by atoms with E-state index in [1.165, 1.54) is 141 Å². The number of aliphatic carboxylic acids is 1. The summed E-state index contributed by atoms with van der Waals surface area (Å²) in [5.74, 6) is -0.709. The first-order valence-corrected chi connectivity index (χ1v) is 20.7. The molecular formula is C42H80O4. The number of carboxylic acid groups (broad SMARTS) is 1. The quantitative estimate of drug-likeness (QED) is 0.0411. The molecule has 0 aliphatic heterocycles. The molecule has 1 N–H and O–H groups in total. The Morgan fingerprint density at radius 1 is 0.457 bits per heavy atom. The Morgan fingerprint density at radius 2 is 0.804 bits per heavy atom. The van der Waals surface area contributed by atoms with Crippen LogP contribution in [0.1, 0.15) is 239 Å². The average Bonchev–Trinajstić information content (AvgIpc) is 3.04. The number of esters is 1. The number of ether oxygens (including phenoxy) is 1. The van der Waals surface area contributed by atoms with Crippen LogP contribution in [-0.4, -0.2) is 23.1 Å². The first-order chi connectivity index (χ1) is 22.6. The van der Waals surface area contributed by atoms with Gasteiger partial charge >= 0.3 is 11.9 Å². The normalized spacial score (nSPS) is 12.2. The highest BCUT2D eigenvalue weighted by atomic mass is 16.5. The molecule has 0 bridgehead atoms. The Hall–Kier alpha value is -1.32. The largest absolute Gasteiger partial charge is 0.481 e. The summed E-state index contributed by atoms with van der Waals surface area (Å²) in [6.07, 6.45) is 46.6. The van der Waals surface area contributed by atoms with Gasteiger partial charge in [-0.3, -0.25) is 9.59 Å². The lowest BCUT2D eigenvalue weighted by Gasteiger charge is -2.18. The lowest BCUT2D eigenvalue weighted by atomic mass is 10.0. The van der Waals surface area contributed by atoms with Crippen LogP contribution in [0.25, 0.3) is 0 Å². The van der Waals surface area contributed by atoms with Gasteiger partial charge in [-0.25, -0.2) is 0 Å². The predicted molar refractivity (Wildman–Crippen MR) is 200 cm³/mol. The van der Waals surface area contributed by atoms with Gasteiger partial charge in [-0.05, 0) is 57.8 Å². The van der Waals surface area contributed by atoms with Crippen molar-refractivity contribution in [3.63, 3.8) is 0 Å². The van der Waals surface area contributed by atoms with Crippen LogP contribution in [0.4, 0.5) is 0 Å². The van der Waals surface area contributed by atoms with Crippen molar-refractivity contribution in [2.75, 3.05) is 0 Å². The number of carboxylic acids is 1.